The monoisotopic (exact) mass is 744 g/mol. The highest BCUT2D eigenvalue weighted by molar-refractivity contribution is 7.99. The van der Waals surface area contributed by atoms with E-state index in [1.54, 1.807) is 0 Å². The van der Waals surface area contributed by atoms with E-state index in [9.17, 15) is 10.2 Å². The van der Waals surface area contributed by atoms with Crippen LogP contribution in [-0.2, 0) is 21.7 Å². The molecule has 0 heterocycles. The zero-order valence-corrected chi connectivity index (χ0v) is 36.4. The molecule has 0 bridgehead atoms. The summed E-state index contributed by atoms with van der Waals surface area (Å²) in [7, 11) is 0. The second-order valence-electron chi connectivity index (χ2n) is 18.0. The van der Waals surface area contributed by atoms with Crippen molar-refractivity contribution in [2.75, 3.05) is 34.8 Å². The summed E-state index contributed by atoms with van der Waals surface area (Å²) in [5.74, 6) is 2.87. The molecule has 0 saturated carbocycles. The first-order chi connectivity index (χ1) is 24.1. The van der Waals surface area contributed by atoms with E-state index >= 15 is 0 Å². The third-order valence-corrected chi connectivity index (χ3v) is 11.4. The predicted molar refractivity (Wildman–Crippen MR) is 233 cm³/mol. The molecule has 0 amide bonds. The summed E-state index contributed by atoms with van der Waals surface area (Å²) in [6.07, 6.45) is 8.30. The number of phenols is 2. The summed E-state index contributed by atoms with van der Waals surface area (Å²) in [5.41, 5.74) is 6.91. The van der Waals surface area contributed by atoms with Gasteiger partial charge in [-0.05, 0) is 114 Å². The highest BCUT2D eigenvalue weighted by Gasteiger charge is 2.28. The van der Waals surface area contributed by atoms with E-state index in [0.717, 1.165) is 71.1 Å². The Morgan fingerprint density at radius 3 is 1.29 bits per heavy atom. The lowest BCUT2D eigenvalue weighted by atomic mass is 9.79. The van der Waals surface area contributed by atoms with E-state index in [1.807, 2.05) is 43.4 Å². The van der Waals surface area contributed by atoms with E-state index in [0.29, 0.717) is 11.5 Å². The van der Waals surface area contributed by atoms with Gasteiger partial charge in [-0.15, -0.1) is 23.5 Å². The molecule has 52 heavy (non-hydrogen) atoms. The number of benzene rings is 3. The molecule has 286 valence electrons. The first kappa shape index (κ1) is 43.4. The molecule has 3 aromatic rings. The van der Waals surface area contributed by atoms with E-state index in [1.165, 1.54) is 15.5 Å². The Bertz CT molecular complexity index is 1520. The van der Waals surface area contributed by atoms with Gasteiger partial charge in [-0.25, -0.2) is 0 Å². The molecular formula is C46H68N2O2S2. The van der Waals surface area contributed by atoms with Crippen molar-refractivity contribution in [1.29, 1.82) is 0 Å². The first-order valence-electron chi connectivity index (χ1n) is 19.0. The zero-order valence-electron chi connectivity index (χ0n) is 34.8. The molecule has 0 aliphatic carbocycles. The summed E-state index contributed by atoms with van der Waals surface area (Å²) >= 11 is 3.78. The van der Waals surface area contributed by atoms with Crippen molar-refractivity contribution in [1.82, 2.24) is 0 Å². The van der Waals surface area contributed by atoms with Crippen LogP contribution in [0.25, 0.3) is 0 Å². The number of nitrogens with one attached hydrogen (secondary N) is 1. The van der Waals surface area contributed by atoms with Crippen LogP contribution >= 0.6 is 23.5 Å². The van der Waals surface area contributed by atoms with Crippen LogP contribution in [0.1, 0.15) is 132 Å². The third-order valence-electron chi connectivity index (χ3n) is 9.26. The van der Waals surface area contributed by atoms with Gasteiger partial charge in [0.15, 0.2) is 0 Å². The summed E-state index contributed by atoms with van der Waals surface area (Å²) in [4.78, 5) is 4.99. The van der Waals surface area contributed by atoms with Gasteiger partial charge >= 0.3 is 0 Å². The largest absolute Gasteiger partial charge is 0.507 e. The van der Waals surface area contributed by atoms with Crippen LogP contribution in [-0.4, -0.2) is 34.8 Å². The lowest BCUT2D eigenvalue weighted by Gasteiger charge is -2.28. The molecule has 0 aromatic heterocycles. The average molecular weight is 745 g/mol. The fourth-order valence-corrected chi connectivity index (χ4v) is 8.07. The van der Waals surface area contributed by atoms with E-state index in [2.05, 4.69) is 154 Å². The summed E-state index contributed by atoms with van der Waals surface area (Å²) in [6, 6.07) is 17.6. The molecule has 6 heteroatoms. The third kappa shape index (κ3) is 12.3. The maximum Gasteiger partial charge on any atom is 0.123 e. The van der Waals surface area contributed by atoms with Crippen LogP contribution in [0.5, 0.6) is 11.5 Å². The van der Waals surface area contributed by atoms with Crippen molar-refractivity contribution in [3.05, 3.63) is 94.7 Å². The van der Waals surface area contributed by atoms with E-state index in [-0.39, 0.29) is 21.7 Å². The van der Waals surface area contributed by atoms with Crippen molar-refractivity contribution in [3.8, 4) is 11.5 Å². The van der Waals surface area contributed by atoms with Crippen LogP contribution in [0.2, 0.25) is 0 Å². The number of phenolic OH excluding ortho intramolecular Hbond substituents is 2. The minimum absolute atomic E-state index is 0.139. The van der Waals surface area contributed by atoms with Gasteiger partial charge in [0.25, 0.3) is 0 Å². The van der Waals surface area contributed by atoms with Crippen LogP contribution in [0.4, 0.5) is 11.4 Å². The van der Waals surface area contributed by atoms with Gasteiger partial charge in [0.1, 0.15) is 11.5 Å². The van der Waals surface area contributed by atoms with E-state index < -0.39 is 0 Å². The van der Waals surface area contributed by atoms with Crippen LogP contribution in [0.15, 0.2) is 82.2 Å². The predicted octanol–water partition coefficient (Wildman–Crippen LogP) is 13.4. The van der Waals surface area contributed by atoms with Gasteiger partial charge in [-0.2, -0.15) is 0 Å². The van der Waals surface area contributed by atoms with Crippen molar-refractivity contribution in [3.63, 3.8) is 0 Å². The fourth-order valence-electron chi connectivity index (χ4n) is 6.24. The SMILES string of the molecule is C/C=C\C(=C/C)Nc1ccc(N(CCCSc2cc(C(C)(C)C)c(O)c(C(C)(C)C)c2)CCCSc2cc(C(C)(C)C)c(O)c(C(C)(C)C)c2)cc1. The Morgan fingerprint density at radius 1 is 0.615 bits per heavy atom. The van der Waals surface area contributed by atoms with Crippen LogP contribution in [0, 0.1) is 0 Å². The molecular weight excluding hydrogens is 677 g/mol. The Balaban J connectivity index is 1.79. The van der Waals surface area contributed by atoms with Gasteiger partial charge in [0.2, 0.25) is 0 Å². The van der Waals surface area contributed by atoms with Gasteiger partial charge in [0.05, 0.1) is 0 Å². The topological polar surface area (TPSA) is 55.7 Å². The molecule has 4 nitrogen and oxygen atoms in total. The number of nitrogens with zero attached hydrogens (tertiary/aromatic N) is 1. The smallest absolute Gasteiger partial charge is 0.123 e. The van der Waals surface area contributed by atoms with Crippen molar-refractivity contribution in [2.45, 2.75) is 141 Å². The number of aromatic hydroxyl groups is 2. The van der Waals surface area contributed by atoms with Gasteiger partial charge in [-0.3, -0.25) is 0 Å². The Morgan fingerprint density at radius 2 is 0.981 bits per heavy atom. The average Bonchev–Trinajstić information content (AvgIpc) is 3.03. The van der Waals surface area contributed by atoms with Crippen molar-refractivity contribution < 1.29 is 10.2 Å². The number of hydrogen-bond acceptors (Lipinski definition) is 6. The molecule has 0 spiro atoms. The summed E-state index contributed by atoms with van der Waals surface area (Å²) in [5, 5.41) is 25.9. The molecule has 3 aromatic carbocycles. The zero-order chi connectivity index (χ0) is 39.1. The highest BCUT2D eigenvalue weighted by atomic mass is 32.2. The molecule has 0 unspecified atom stereocenters. The number of rotatable bonds is 14. The highest BCUT2D eigenvalue weighted by Crippen LogP contribution is 2.43. The Kier molecular flexibility index (Phi) is 15.0. The Labute approximate surface area is 326 Å². The number of hydrogen-bond donors (Lipinski definition) is 3. The molecule has 0 aliphatic heterocycles. The minimum Gasteiger partial charge on any atom is -0.507 e. The number of allylic oxidation sites excluding steroid dienone is 3. The first-order valence-corrected chi connectivity index (χ1v) is 21.0. The quantitative estimate of drug-likeness (QED) is 0.0868. The van der Waals surface area contributed by atoms with Gasteiger partial charge in [0, 0.05) is 62.2 Å². The van der Waals surface area contributed by atoms with Crippen LogP contribution < -0.4 is 10.2 Å². The molecule has 0 aliphatic rings. The fraction of sp³-hybridized carbons (Fsp3) is 0.522. The van der Waals surface area contributed by atoms with E-state index in [4.69, 9.17) is 0 Å². The van der Waals surface area contributed by atoms with Crippen LogP contribution in [0.3, 0.4) is 0 Å². The second kappa shape index (κ2) is 17.9. The standard InChI is InChI=1S/C46H68N2O2S2/c1-15-19-32(16-2)47-33-20-22-34(23-21-33)48(24-17-26-51-35-28-37(43(3,4)5)41(49)38(29-35)44(6,7)8)25-18-27-52-36-30-39(45(9,10)11)42(50)40(31-36)46(12,13)14/h15-16,19-23,28-31,47,49-50H,17-18,24-27H2,1-14H3/b19-15-,32-16+. The summed E-state index contributed by atoms with van der Waals surface area (Å²) < 4.78 is 0. The second-order valence-corrected chi connectivity index (χ2v) is 20.4. The van der Waals surface area contributed by atoms with Gasteiger partial charge < -0.3 is 20.4 Å². The molecule has 3 rings (SSSR count). The van der Waals surface area contributed by atoms with Gasteiger partial charge in [-0.1, -0.05) is 95.2 Å². The van der Waals surface area contributed by atoms with Crippen molar-refractivity contribution >= 4 is 34.9 Å². The summed E-state index contributed by atoms with van der Waals surface area (Å²) in [6.45, 7) is 32.1. The molecule has 0 atom stereocenters. The molecule has 3 N–H and O–H groups in total. The molecule has 0 fully saturated rings. The lowest BCUT2D eigenvalue weighted by molar-refractivity contribution is 0.421. The molecule has 0 saturated heterocycles. The number of thioether (sulfide) groups is 2. The maximum absolute atomic E-state index is 11.2. The van der Waals surface area contributed by atoms with Crippen molar-refractivity contribution in [2.24, 2.45) is 0 Å². The molecule has 0 radical (unpaired) electrons. The lowest BCUT2D eigenvalue weighted by Crippen LogP contribution is -2.26. The minimum atomic E-state index is -0.139. The normalized spacial score (nSPS) is 13.2. The Hall–Kier alpha value is -2.96. The maximum atomic E-state index is 11.2. The number of anilines is 2.